The topological polar surface area (TPSA) is 111 Å². The number of methoxy groups -OCH3 is 1. The van der Waals surface area contributed by atoms with Gasteiger partial charge in [-0.1, -0.05) is 31.2 Å². The number of benzene rings is 2. The van der Waals surface area contributed by atoms with Gasteiger partial charge in [0.1, 0.15) is 16.4 Å². The average molecular weight is 519 g/mol. The van der Waals surface area contributed by atoms with E-state index in [9.17, 15) is 14.4 Å². The minimum atomic E-state index is -0.626. The van der Waals surface area contributed by atoms with Crippen LogP contribution in [0.4, 0.5) is 11.4 Å². The molecule has 2 heterocycles. The van der Waals surface area contributed by atoms with Gasteiger partial charge in [0, 0.05) is 11.4 Å². The van der Waals surface area contributed by atoms with Crippen molar-refractivity contribution in [3.8, 4) is 5.75 Å². The Bertz CT molecular complexity index is 1380. The number of hydrogen-bond donors (Lipinski definition) is 1. The normalized spacial score (nSPS) is 13.2. The third-order valence-electron chi connectivity index (χ3n) is 5.37. The maximum absolute atomic E-state index is 13.8. The fourth-order valence-corrected chi connectivity index (χ4v) is 4.74. The van der Waals surface area contributed by atoms with E-state index in [4.69, 9.17) is 9.47 Å². The van der Waals surface area contributed by atoms with Gasteiger partial charge < -0.3 is 14.8 Å². The number of rotatable bonds is 9. The fourth-order valence-electron chi connectivity index (χ4n) is 3.76. The van der Waals surface area contributed by atoms with Gasteiger partial charge in [-0.2, -0.15) is 0 Å². The van der Waals surface area contributed by atoms with Gasteiger partial charge in [0.25, 0.3) is 11.8 Å². The van der Waals surface area contributed by atoms with E-state index in [0.29, 0.717) is 23.0 Å². The second kappa shape index (κ2) is 11.3. The number of ether oxygens (including phenoxy) is 2. The van der Waals surface area contributed by atoms with Crippen molar-refractivity contribution in [2.24, 2.45) is 0 Å². The number of imide groups is 1. The van der Waals surface area contributed by atoms with Crippen LogP contribution in [-0.2, 0) is 14.3 Å². The number of nitrogens with one attached hydrogen (secondary N) is 1. The Kier molecular flexibility index (Phi) is 7.88. The number of amides is 2. The molecule has 2 aromatic carbocycles. The molecule has 37 heavy (non-hydrogen) atoms. The lowest BCUT2D eigenvalue weighted by Gasteiger charge is -2.18. The quantitative estimate of drug-likeness (QED) is 0.246. The van der Waals surface area contributed by atoms with Gasteiger partial charge in [-0.3, -0.25) is 9.59 Å². The first-order valence-electron chi connectivity index (χ1n) is 11.6. The summed E-state index contributed by atoms with van der Waals surface area (Å²) in [5.74, 6) is -1.36. The van der Waals surface area contributed by atoms with Crippen LogP contribution in [0.5, 0.6) is 5.75 Å². The monoisotopic (exact) mass is 518 g/mol. The molecule has 0 radical (unpaired) electrons. The molecule has 0 unspecified atom stereocenters. The Balaban J connectivity index is 1.79. The van der Waals surface area contributed by atoms with Gasteiger partial charge in [-0.05, 0) is 62.4 Å². The van der Waals surface area contributed by atoms with E-state index in [-0.39, 0.29) is 28.5 Å². The summed E-state index contributed by atoms with van der Waals surface area (Å²) < 4.78 is 10.7. The van der Waals surface area contributed by atoms with Crippen LogP contribution in [0.25, 0.3) is 0 Å². The average Bonchev–Trinajstić information content (AvgIpc) is 3.10. The highest BCUT2D eigenvalue weighted by atomic mass is 32.2. The number of esters is 1. The highest BCUT2D eigenvalue weighted by molar-refractivity contribution is 8.04. The maximum atomic E-state index is 13.8. The maximum Gasteiger partial charge on any atom is 0.340 e. The van der Waals surface area contributed by atoms with E-state index in [0.717, 1.165) is 28.0 Å². The van der Waals surface area contributed by atoms with Gasteiger partial charge >= 0.3 is 5.97 Å². The number of para-hydroxylation sites is 3. The van der Waals surface area contributed by atoms with Crippen LogP contribution in [0.1, 0.15) is 35.1 Å². The van der Waals surface area contributed by atoms with E-state index in [1.165, 1.54) is 13.2 Å². The third-order valence-corrected chi connectivity index (χ3v) is 6.31. The molecule has 0 saturated carbocycles. The smallest absolute Gasteiger partial charge is 0.340 e. The molecular formula is C27H26N4O5S. The Hall–Kier alpha value is -4.18. The summed E-state index contributed by atoms with van der Waals surface area (Å²) in [5, 5.41) is 3.40. The SMILES string of the molecule is CCCOC(=O)c1ccccc1N1C(=O)C(Nc2ccccc2OC)=C(Sc2nc(C)cc(C)n2)C1=O. The number of thioether (sulfide) groups is 1. The molecule has 1 N–H and O–H groups in total. The van der Waals surface area contributed by atoms with Crippen LogP contribution in [0.15, 0.2) is 70.4 Å². The highest BCUT2D eigenvalue weighted by Crippen LogP contribution is 2.39. The molecular weight excluding hydrogens is 492 g/mol. The van der Waals surface area contributed by atoms with Gasteiger partial charge in [0.05, 0.1) is 30.7 Å². The molecule has 0 saturated heterocycles. The zero-order valence-electron chi connectivity index (χ0n) is 20.9. The standard InChI is InChI=1S/C27H26N4O5S/c1-5-14-36-26(34)18-10-6-8-12-20(18)31-24(32)22(30-19-11-7-9-13-21(19)35-4)23(25(31)33)37-27-28-16(2)15-17(3)29-27/h6-13,15,30H,5,14H2,1-4H3. The highest BCUT2D eigenvalue weighted by Gasteiger charge is 2.42. The van der Waals surface area contributed by atoms with Crippen LogP contribution < -0.4 is 15.0 Å². The summed E-state index contributed by atoms with van der Waals surface area (Å²) in [6.07, 6.45) is 0.640. The Morgan fingerprint density at radius 2 is 1.68 bits per heavy atom. The minimum Gasteiger partial charge on any atom is -0.495 e. The van der Waals surface area contributed by atoms with Crippen LogP contribution in [-0.4, -0.2) is 41.5 Å². The van der Waals surface area contributed by atoms with E-state index >= 15 is 0 Å². The first-order valence-corrected chi connectivity index (χ1v) is 12.4. The van der Waals surface area contributed by atoms with Crippen molar-refractivity contribution < 1.29 is 23.9 Å². The van der Waals surface area contributed by atoms with Gasteiger partial charge in [-0.25, -0.2) is 19.7 Å². The molecule has 1 aliphatic rings. The van der Waals surface area contributed by atoms with E-state index in [1.54, 1.807) is 42.5 Å². The lowest BCUT2D eigenvalue weighted by molar-refractivity contribution is -0.120. The van der Waals surface area contributed by atoms with E-state index in [2.05, 4.69) is 15.3 Å². The molecule has 4 rings (SSSR count). The zero-order valence-corrected chi connectivity index (χ0v) is 21.7. The summed E-state index contributed by atoms with van der Waals surface area (Å²) in [4.78, 5) is 50.2. The number of aromatic nitrogens is 2. The van der Waals surface area contributed by atoms with Crippen molar-refractivity contribution in [2.45, 2.75) is 32.3 Å². The van der Waals surface area contributed by atoms with Gasteiger partial charge in [0.2, 0.25) is 0 Å². The molecule has 1 aliphatic heterocycles. The van der Waals surface area contributed by atoms with Crippen LogP contribution >= 0.6 is 11.8 Å². The number of nitrogens with zero attached hydrogens (tertiary/aromatic N) is 3. The fraction of sp³-hybridized carbons (Fsp3) is 0.222. The minimum absolute atomic E-state index is 0.0268. The second-order valence-electron chi connectivity index (χ2n) is 8.16. The lowest BCUT2D eigenvalue weighted by Crippen LogP contribution is -2.33. The third kappa shape index (κ3) is 5.49. The largest absolute Gasteiger partial charge is 0.495 e. The molecule has 0 spiro atoms. The van der Waals surface area contributed by atoms with Crippen molar-refractivity contribution >= 4 is 40.9 Å². The molecule has 0 aliphatic carbocycles. The van der Waals surface area contributed by atoms with E-state index < -0.39 is 17.8 Å². The molecule has 2 amide bonds. The van der Waals surface area contributed by atoms with Gasteiger partial charge in [-0.15, -0.1) is 0 Å². The second-order valence-corrected chi connectivity index (χ2v) is 9.14. The zero-order chi connectivity index (χ0) is 26.5. The molecule has 3 aromatic rings. The van der Waals surface area contributed by atoms with Crippen molar-refractivity contribution in [3.63, 3.8) is 0 Å². The van der Waals surface area contributed by atoms with Crippen molar-refractivity contribution in [1.29, 1.82) is 0 Å². The Morgan fingerprint density at radius 1 is 1.00 bits per heavy atom. The summed E-state index contributed by atoms with van der Waals surface area (Å²) in [6.45, 7) is 5.75. The van der Waals surface area contributed by atoms with Crippen LogP contribution in [0.2, 0.25) is 0 Å². The first kappa shape index (κ1) is 25.9. The molecule has 1 aromatic heterocycles. The predicted octanol–water partition coefficient (Wildman–Crippen LogP) is 4.66. The number of carbonyl (C=O) groups is 3. The van der Waals surface area contributed by atoms with Crippen molar-refractivity contribution in [3.05, 3.63) is 82.2 Å². The number of anilines is 2. The Morgan fingerprint density at radius 3 is 2.38 bits per heavy atom. The molecule has 190 valence electrons. The number of hydrogen-bond acceptors (Lipinski definition) is 9. The summed E-state index contributed by atoms with van der Waals surface area (Å²) in [7, 11) is 1.51. The predicted molar refractivity (Wildman–Crippen MR) is 141 cm³/mol. The Labute approximate surface area is 218 Å². The summed E-state index contributed by atoms with van der Waals surface area (Å²) in [6, 6.07) is 15.2. The van der Waals surface area contributed by atoms with Crippen molar-refractivity contribution in [1.82, 2.24) is 9.97 Å². The first-order chi connectivity index (χ1) is 17.8. The molecule has 0 atom stereocenters. The van der Waals surface area contributed by atoms with Crippen molar-refractivity contribution in [2.75, 3.05) is 23.9 Å². The van der Waals surface area contributed by atoms with Crippen LogP contribution in [0.3, 0.4) is 0 Å². The summed E-state index contributed by atoms with van der Waals surface area (Å²) in [5.41, 5.74) is 2.23. The lowest BCUT2D eigenvalue weighted by atomic mass is 10.1. The number of carbonyl (C=O) groups excluding carboxylic acids is 3. The molecule has 10 heteroatoms. The molecule has 0 bridgehead atoms. The van der Waals surface area contributed by atoms with Crippen LogP contribution in [0, 0.1) is 13.8 Å². The summed E-state index contributed by atoms with van der Waals surface area (Å²) >= 11 is 0.985. The molecule has 0 fully saturated rings. The van der Waals surface area contributed by atoms with E-state index in [1.807, 2.05) is 26.8 Å². The number of aryl methyl sites for hydroxylation is 2. The van der Waals surface area contributed by atoms with Gasteiger partial charge in [0.15, 0.2) is 5.16 Å². The molecule has 9 nitrogen and oxygen atoms in total.